The van der Waals surface area contributed by atoms with Crippen molar-refractivity contribution in [3.05, 3.63) is 28.8 Å². The van der Waals surface area contributed by atoms with Crippen LogP contribution in [0.15, 0.2) is 18.2 Å². The molecule has 0 aliphatic heterocycles. The van der Waals surface area contributed by atoms with Gasteiger partial charge in [0, 0.05) is 5.56 Å². The number of benzene rings is 1. The first kappa shape index (κ1) is 15.6. The van der Waals surface area contributed by atoms with E-state index >= 15 is 0 Å². The van der Waals surface area contributed by atoms with Crippen molar-refractivity contribution in [3.8, 4) is 5.75 Å². The van der Waals surface area contributed by atoms with Crippen molar-refractivity contribution in [2.45, 2.75) is 37.8 Å². The van der Waals surface area contributed by atoms with E-state index in [9.17, 15) is 10.2 Å². The van der Waals surface area contributed by atoms with Gasteiger partial charge < -0.3 is 15.9 Å². The van der Waals surface area contributed by atoms with Gasteiger partial charge >= 0.3 is 0 Å². The molecule has 4 N–H and O–H groups in total. The van der Waals surface area contributed by atoms with Crippen molar-refractivity contribution in [3.63, 3.8) is 0 Å². The molecule has 5 heteroatoms. The third kappa shape index (κ3) is 3.09. The van der Waals surface area contributed by atoms with Gasteiger partial charge in [0.15, 0.2) is 0 Å². The number of hydrogen-bond donors (Lipinski definition) is 3. The molecule has 2 rings (SSSR count). The predicted molar refractivity (Wildman–Crippen MR) is 75.3 cm³/mol. The second kappa shape index (κ2) is 6.62. The number of phenolic OH excluding ortho intramolecular Hbond substituents is 1. The second-order valence-corrected chi connectivity index (χ2v) is 5.15. The molecule has 3 nitrogen and oxygen atoms in total. The van der Waals surface area contributed by atoms with Gasteiger partial charge in [0.2, 0.25) is 0 Å². The van der Waals surface area contributed by atoms with E-state index in [0.29, 0.717) is 5.56 Å². The lowest BCUT2D eigenvalue weighted by atomic mass is 9.90. The lowest BCUT2D eigenvalue weighted by Gasteiger charge is -2.25. The SMILES string of the molecule is Cl.N[C@H](c1cccc(Cl)c1O)[C@@H](O)C1CCCC1. The van der Waals surface area contributed by atoms with Gasteiger partial charge in [0.25, 0.3) is 0 Å². The fraction of sp³-hybridized carbons (Fsp3) is 0.538. The van der Waals surface area contributed by atoms with Crippen LogP contribution in [0.5, 0.6) is 5.75 Å². The molecule has 1 saturated carbocycles. The third-order valence-corrected chi connectivity index (χ3v) is 3.93. The molecule has 0 spiro atoms. The van der Waals surface area contributed by atoms with Gasteiger partial charge in [0.1, 0.15) is 5.75 Å². The maximum Gasteiger partial charge on any atom is 0.139 e. The van der Waals surface area contributed by atoms with Gasteiger partial charge in [-0.15, -0.1) is 12.4 Å². The highest BCUT2D eigenvalue weighted by Gasteiger charge is 2.30. The van der Waals surface area contributed by atoms with Crippen LogP contribution >= 0.6 is 24.0 Å². The fourth-order valence-corrected chi connectivity index (χ4v) is 2.76. The Morgan fingerprint density at radius 1 is 1.28 bits per heavy atom. The topological polar surface area (TPSA) is 66.5 Å². The van der Waals surface area contributed by atoms with Crippen LogP contribution in [0.25, 0.3) is 0 Å². The molecule has 102 valence electrons. The molecule has 1 aromatic carbocycles. The molecule has 0 saturated heterocycles. The van der Waals surface area contributed by atoms with Gasteiger partial charge in [-0.3, -0.25) is 0 Å². The van der Waals surface area contributed by atoms with Crippen LogP contribution < -0.4 is 5.73 Å². The molecule has 1 aromatic rings. The average molecular weight is 292 g/mol. The first-order chi connectivity index (χ1) is 8.11. The van der Waals surface area contributed by atoms with Crippen LogP contribution in [0.1, 0.15) is 37.3 Å². The summed E-state index contributed by atoms with van der Waals surface area (Å²) in [6.07, 6.45) is 3.71. The first-order valence-corrected chi connectivity index (χ1v) is 6.40. The smallest absolute Gasteiger partial charge is 0.139 e. The highest BCUT2D eigenvalue weighted by atomic mass is 35.5. The van der Waals surface area contributed by atoms with Crippen molar-refractivity contribution in [2.24, 2.45) is 11.7 Å². The summed E-state index contributed by atoms with van der Waals surface area (Å²) >= 11 is 5.84. The maximum atomic E-state index is 10.2. The number of nitrogens with two attached hydrogens (primary N) is 1. The van der Waals surface area contributed by atoms with E-state index in [1.807, 2.05) is 0 Å². The summed E-state index contributed by atoms with van der Waals surface area (Å²) in [6, 6.07) is 4.48. The molecule has 0 radical (unpaired) electrons. The zero-order valence-corrected chi connectivity index (χ0v) is 11.6. The Hall–Kier alpha value is -0.480. The maximum absolute atomic E-state index is 10.2. The van der Waals surface area contributed by atoms with E-state index in [0.717, 1.165) is 25.7 Å². The van der Waals surface area contributed by atoms with Crippen LogP contribution in [-0.4, -0.2) is 16.3 Å². The van der Waals surface area contributed by atoms with Crippen molar-refractivity contribution < 1.29 is 10.2 Å². The molecule has 0 bridgehead atoms. The Morgan fingerprint density at radius 3 is 2.50 bits per heavy atom. The van der Waals surface area contributed by atoms with E-state index in [1.165, 1.54) is 0 Å². The van der Waals surface area contributed by atoms with E-state index in [1.54, 1.807) is 18.2 Å². The molecule has 0 amide bonds. The molecule has 1 aliphatic carbocycles. The van der Waals surface area contributed by atoms with E-state index in [4.69, 9.17) is 17.3 Å². The molecule has 1 aliphatic rings. The van der Waals surface area contributed by atoms with E-state index in [-0.39, 0.29) is 29.1 Å². The Kier molecular flexibility index (Phi) is 5.73. The number of halogens is 2. The summed E-state index contributed by atoms with van der Waals surface area (Å²) in [5.74, 6) is 0.224. The largest absolute Gasteiger partial charge is 0.506 e. The van der Waals surface area contributed by atoms with Crippen LogP contribution in [0.2, 0.25) is 5.02 Å². The van der Waals surface area contributed by atoms with Crippen LogP contribution in [0.4, 0.5) is 0 Å². The van der Waals surface area contributed by atoms with Crippen molar-refractivity contribution in [1.82, 2.24) is 0 Å². The lowest BCUT2D eigenvalue weighted by molar-refractivity contribution is 0.0836. The summed E-state index contributed by atoms with van der Waals surface area (Å²) in [5.41, 5.74) is 6.54. The Balaban J connectivity index is 0.00000162. The van der Waals surface area contributed by atoms with Gasteiger partial charge in [0.05, 0.1) is 17.2 Å². The minimum atomic E-state index is -0.609. The van der Waals surface area contributed by atoms with Crippen LogP contribution in [0.3, 0.4) is 0 Å². The summed E-state index contributed by atoms with van der Waals surface area (Å²) < 4.78 is 0. The molecule has 1 fully saturated rings. The number of aromatic hydroxyl groups is 1. The first-order valence-electron chi connectivity index (χ1n) is 6.02. The number of aliphatic hydroxyl groups is 1. The summed E-state index contributed by atoms with van der Waals surface area (Å²) in [4.78, 5) is 0. The minimum Gasteiger partial charge on any atom is -0.506 e. The van der Waals surface area contributed by atoms with E-state index in [2.05, 4.69) is 0 Å². The standard InChI is InChI=1S/C13H18ClNO2.ClH/c14-10-7-3-6-9(13(10)17)11(15)12(16)8-4-1-2-5-8;/h3,6-8,11-12,16-17H,1-2,4-5,15H2;1H/t11-,12+;/m1./s1. The molecule has 18 heavy (non-hydrogen) atoms. The van der Waals surface area contributed by atoms with Gasteiger partial charge in [-0.1, -0.05) is 36.6 Å². The minimum absolute atomic E-state index is 0. The zero-order valence-electron chi connectivity index (χ0n) is 10.1. The molecular formula is C13H19Cl2NO2. The Morgan fingerprint density at radius 2 is 1.89 bits per heavy atom. The van der Waals surface area contributed by atoms with Crippen molar-refractivity contribution in [1.29, 1.82) is 0 Å². The Bertz CT molecular complexity index is 395. The molecule has 2 atom stereocenters. The monoisotopic (exact) mass is 291 g/mol. The third-order valence-electron chi connectivity index (χ3n) is 3.63. The summed E-state index contributed by atoms with van der Waals surface area (Å²) in [6.45, 7) is 0. The zero-order chi connectivity index (χ0) is 12.4. The van der Waals surface area contributed by atoms with Crippen LogP contribution in [-0.2, 0) is 0 Å². The number of hydrogen-bond acceptors (Lipinski definition) is 3. The molecule has 0 unspecified atom stereocenters. The molecule has 0 heterocycles. The lowest BCUT2D eigenvalue weighted by Crippen LogP contribution is -2.32. The fourth-order valence-electron chi connectivity index (χ4n) is 2.58. The highest BCUT2D eigenvalue weighted by Crippen LogP contribution is 2.37. The number of aliphatic hydroxyl groups excluding tert-OH is 1. The number of rotatable bonds is 3. The van der Waals surface area contributed by atoms with E-state index < -0.39 is 12.1 Å². The Labute approximate surface area is 118 Å². The number of phenols is 1. The quantitative estimate of drug-likeness (QED) is 0.802. The van der Waals surface area contributed by atoms with Crippen LogP contribution in [0, 0.1) is 5.92 Å². The normalized spacial score (nSPS) is 19.3. The van der Waals surface area contributed by atoms with Gasteiger partial charge in [-0.2, -0.15) is 0 Å². The highest BCUT2D eigenvalue weighted by molar-refractivity contribution is 6.32. The van der Waals surface area contributed by atoms with Crippen molar-refractivity contribution >= 4 is 24.0 Å². The second-order valence-electron chi connectivity index (χ2n) is 4.74. The average Bonchev–Trinajstić information content (AvgIpc) is 2.84. The molecular weight excluding hydrogens is 273 g/mol. The van der Waals surface area contributed by atoms with Crippen molar-refractivity contribution in [2.75, 3.05) is 0 Å². The van der Waals surface area contributed by atoms with Gasteiger partial charge in [-0.05, 0) is 24.8 Å². The molecule has 0 aromatic heterocycles. The summed E-state index contributed by atoms with van der Waals surface area (Å²) in [7, 11) is 0. The summed E-state index contributed by atoms with van der Waals surface area (Å²) in [5, 5.41) is 20.3. The number of para-hydroxylation sites is 1. The predicted octanol–water partition coefficient (Wildman–Crippen LogP) is 3.02. The van der Waals surface area contributed by atoms with Gasteiger partial charge in [-0.25, -0.2) is 0 Å².